The summed E-state index contributed by atoms with van der Waals surface area (Å²) in [5, 5.41) is 0. The minimum Gasteiger partial charge on any atom is -0.353 e. The van der Waals surface area contributed by atoms with Gasteiger partial charge in [-0.2, -0.15) is 0 Å². The largest absolute Gasteiger partial charge is 0.353 e. The second-order valence-electron chi connectivity index (χ2n) is 7.96. The summed E-state index contributed by atoms with van der Waals surface area (Å²) in [5.41, 5.74) is 1.90. The van der Waals surface area contributed by atoms with Crippen molar-refractivity contribution in [3.63, 3.8) is 0 Å². The summed E-state index contributed by atoms with van der Waals surface area (Å²) in [6.07, 6.45) is -1.98. The van der Waals surface area contributed by atoms with Crippen LogP contribution in [0.2, 0.25) is 0 Å². The standard InChI is InChI=1S/C23H26O6/c1-22(15-10-6-4-7-11-15)25-14-17-18(27-22)19-20(21(24-3)26-17)29-23(2,28-19)16-12-8-5-9-13-16/h4-13,17-21H,14H2,1-3H3. The van der Waals surface area contributed by atoms with Gasteiger partial charge >= 0.3 is 0 Å². The van der Waals surface area contributed by atoms with E-state index in [2.05, 4.69) is 0 Å². The van der Waals surface area contributed by atoms with Gasteiger partial charge in [0.15, 0.2) is 17.9 Å². The summed E-state index contributed by atoms with van der Waals surface area (Å²) in [6, 6.07) is 19.8. The van der Waals surface area contributed by atoms with Gasteiger partial charge in [0, 0.05) is 18.2 Å². The highest BCUT2D eigenvalue weighted by molar-refractivity contribution is 5.23. The minimum absolute atomic E-state index is 0.306. The van der Waals surface area contributed by atoms with Crippen LogP contribution in [0.3, 0.4) is 0 Å². The zero-order valence-electron chi connectivity index (χ0n) is 16.8. The lowest BCUT2D eigenvalue weighted by atomic mass is 9.96. The molecule has 0 aliphatic carbocycles. The van der Waals surface area contributed by atoms with Crippen LogP contribution in [0.1, 0.15) is 25.0 Å². The molecule has 6 heteroatoms. The molecule has 0 saturated carbocycles. The topological polar surface area (TPSA) is 55.4 Å². The van der Waals surface area contributed by atoms with Crippen molar-refractivity contribution < 1.29 is 28.4 Å². The fraction of sp³-hybridized carbons (Fsp3) is 0.478. The first kappa shape index (κ1) is 19.2. The van der Waals surface area contributed by atoms with Gasteiger partial charge in [0.1, 0.15) is 24.4 Å². The van der Waals surface area contributed by atoms with Gasteiger partial charge in [-0.25, -0.2) is 0 Å². The third-order valence-corrected chi connectivity index (χ3v) is 6.03. The van der Waals surface area contributed by atoms with Crippen molar-refractivity contribution in [2.75, 3.05) is 13.7 Å². The van der Waals surface area contributed by atoms with Gasteiger partial charge in [0.05, 0.1) is 6.61 Å². The molecular weight excluding hydrogens is 372 g/mol. The van der Waals surface area contributed by atoms with Crippen molar-refractivity contribution in [2.45, 2.75) is 56.1 Å². The number of rotatable bonds is 3. The summed E-state index contributed by atoms with van der Waals surface area (Å²) in [5.74, 6) is -1.79. The molecule has 0 amide bonds. The zero-order chi connectivity index (χ0) is 20.1. The maximum Gasteiger partial charge on any atom is 0.193 e. The van der Waals surface area contributed by atoms with Gasteiger partial charge in [0.2, 0.25) is 0 Å². The number of benzene rings is 2. The lowest BCUT2D eigenvalue weighted by Crippen LogP contribution is -2.63. The fourth-order valence-corrected chi connectivity index (χ4v) is 4.46. The number of ether oxygens (including phenoxy) is 6. The average molecular weight is 398 g/mol. The Morgan fingerprint density at radius 1 is 0.759 bits per heavy atom. The Bertz CT molecular complexity index is 845. The van der Waals surface area contributed by atoms with Crippen LogP contribution in [0.25, 0.3) is 0 Å². The first-order chi connectivity index (χ1) is 14.0. The molecule has 0 aromatic heterocycles. The molecule has 0 N–H and O–H groups in total. The molecule has 0 radical (unpaired) electrons. The fourth-order valence-electron chi connectivity index (χ4n) is 4.46. The Hall–Kier alpha value is -1.80. The van der Waals surface area contributed by atoms with Gasteiger partial charge in [0.25, 0.3) is 0 Å². The molecule has 3 saturated heterocycles. The third-order valence-electron chi connectivity index (χ3n) is 6.03. The van der Waals surface area contributed by atoms with Gasteiger partial charge in [-0.05, 0) is 13.8 Å². The molecule has 3 aliphatic heterocycles. The van der Waals surface area contributed by atoms with E-state index in [0.717, 1.165) is 11.1 Å². The monoisotopic (exact) mass is 398 g/mol. The number of methoxy groups -OCH3 is 1. The Kier molecular flexibility index (Phi) is 4.74. The molecule has 2 aromatic rings. The van der Waals surface area contributed by atoms with Gasteiger partial charge in [-0.1, -0.05) is 60.7 Å². The van der Waals surface area contributed by atoms with Crippen molar-refractivity contribution >= 4 is 0 Å². The number of hydrogen-bond donors (Lipinski definition) is 0. The van der Waals surface area contributed by atoms with E-state index in [0.29, 0.717) is 6.61 Å². The minimum atomic E-state index is -0.906. The van der Waals surface area contributed by atoms with E-state index in [1.807, 2.05) is 74.5 Å². The normalized spacial score (nSPS) is 41.6. The van der Waals surface area contributed by atoms with E-state index in [1.165, 1.54) is 0 Å². The SMILES string of the molecule is COC1OC2COC(C)(c3ccccc3)OC2C2OC(C)(c3ccccc3)OC12. The van der Waals surface area contributed by atoms with E-state index in [-0.39, 0.29) is 18.3 Å². The number of hydrogen-bond acceptors (Lipinski definition) is 6. The van der Waals surface area contributed by atoms with Crippen LogP contribution in [0, 0.1) is 0 Å². The van der Waals surface area contributed by atoms with Crippen molar-refractivity contribution in [2.24, 2.45) is 0 Å². The van der Waals surface area contributed by atoms with E-state index in [9.17, 15) is 0 Å². The van der Waals surface area contributed by atoms with Gasteiger partial charge < -0.3 is 28.4 Å². The molecule has 0 spiro atoms. The molecular formula is C23H26O6. The highest BCUT2D eigenvalue weighted by atomic mass is 16.8. The zero-order valence-corrected chi connectivity index (χ0v) is 16.8. The number of fused-ring (bicyclic) bond motifs is 3. The summed E-state index contributed by atoms with van der Waals surface area (Å²) < 4.78 is 37.2. The van der Waals surface area contributed by atoms with E-state index >= 15 is 0 Å². The first-order valence-corrected chi connectivity index (χ1v) is 9.99. The van der Waals surface area contributed by atoms with Crippen LogP contribution < -0.4 is 0 Å². The molecule has 7 unspecified atom stereocenters. The molecule has 29 heavy (non-hydrogen) atoms. The molecule has 2 aromatic carbocycles. The Balaban J connectivity index is 1.46. The average Bonchev–Trinajstić information content (AvgIpc) is 3.14. The summed E-state index contributed by atoms with van der Waals surface area (Å²) in [6.45, 7) is 4.24. The second kappa shape index (κ2) is 7.16. The quantitative estimate of drug-likeness (QED) is 0.791. The lowest BCUT2D eigenvalue weighted by molar-refractivity contribution is -0.379. The van der Waals surface area contributed by atoms with Crippen LogP contribution in [-0.4, -0.2) is 44.4 Å². The molecule has 154 valence electrons. The van der Waals surface area contributed by atoms with Crippen LogP contribution in [0.4, 0.5) is 0 Å². The van der Waals surface area contributed by atoms with E-state index in [1.54, 1.807) is 7.11 Å². The smallest absolute Gasteiger partial charge is 0.193 e. The van der Waals surface area contributed by atoms with E-state index < -0.39 is 24.0 Å². The predicted octanol–water partition coefficient (Wildman–Crippen LogP) is 3.30. The predicted molar refractivity (Wildman–Crippen MR) is 104 cm³/mol. The third kappa shape index (κ3) is 3.20. The van der Waals surface area contributed by atoms with Crippen LogP contribution in [0.15, 0.2) is 60.7 Å². The Labute approximate surface area is 170 Å². The maximum atomic E-state index is 6.51. The molecule has 3 heterocycles. The summed E-state index contributed by atoms with van der Waals surface area (Å²) in [7, 11) is 1.61. The first-order valence-electron chi connectivity index (χ1n) is 9.99. The van der Waals surface area contributed by atoms with Crippen molar-refractivity contribution in [3.05, 3.63) is 71.8 Å². The van der Waals surface area contributed by atoms with Crippen molar-refractivity contribution in [1.29, 1.82) is 0 Å². The van der Waals surface area contributed by atoms with E-state index in [4.69, 9.17) is 28.4 Å². The molecule has 0 bridgehead atoms. The molecule has 6 nitrogen and oxygen atoms in total. The highest BCUT2D eigenvalue weighted by Crippen LogP contribution is 2.47. The van der Waals surface area contributed by atoms with Gasteiger partial charge in [-0.3, -0.25) is 0 Å². The maximum absolute atomic E-state index is 6.51. The Morgan fingerprint density at radius 3 is 1.93 bits per heavy atom. The van der Waals surface area contributed by atoms with Gasteiger partial charge in [-0.15, -0.1) is 0 Å². The van der Waals surface area contributed by atoms with Crippen LogP contribution in [-0.2, 0) is 40.0 Å². The summed E-state index contributed by atoms with van der Waals surface area (Å²) in [4.78, 5) is 0. The van der Waals surface area contributed by atoms with Crippen LogP contribution in [0.5, 0.6) is 0 Å². The molecule has 3 fully saturated rings. The second-order valence-corrected chi connectivity index (χ2v) is 7.96. The van der Waals surface area contributed by atoms with Crippen molar-refractivity contribution in [1.82, 2.24) is 0 Å². The van der Waals surface area contributed by atoms with Crippen molar-refractivity contribution in [3.8, 4) is 0 Å². The molecule has 5 rings (SSSR count). The summed E-state index contributed by atoms with van der Waals surface area (Å²) >= 11 is 0. The molecule has 7 atom stereocenters. The lowest BCUT2D eigenvalue weighted by Gasteiger charge is -2.49. The highest BCUT2D eigenvalue weighted by Gasteiger charge is 2.60. The Morgan fingerprint density at radius 2 is 1.31 bits per heavy atom. The van der Waals surface area contributed by atoms with Crippen LogP contribution >= 0.6 is 0 Å². The molecule has 3 aliphatic rings.